The van der Waals surface area contributed by atoms with Crippen molar-refractivity contribution in [2.75, 3.05) is 31.2 Å². The molecule has 0 radical (unpaired) electrons. The van der Waals surface area contributed by atoms with E-state index in [0.29, 0.717) is 15.0 Å². The van der Waals surface area contributed by atoms with Crippen molar-refractivity contribution >= 4 is 29.1 Å². The molecule has 2 aromatic rings. The molecular weight excluding hydrogens is 462 g/mol. The Labute approximate surface area is 209 Å². The molecule has 1 atom stereocenters. The Kier molecular flexibility index (Phi) is 6.68. The van der Waals surface area contributed by atoms with Crippen molar-refractivity contribution in [2.45, 2.75) is 58.4 Å². The number of rotatable bonds is 5. The second-order valence-corrected chi connectivity index (χ2v) is 10.9. The zero-order valence-corrected chi connectivity index (χ0v) is 21.3. The van der Waals surface area contributed by atoms with Crippen LogP contribution in [0.2, 0.25) is 0 Å². The van der Waals surface area contributed by atoms with E-state index in [4.69, 9.17) is 4.74 Å². The molecule has 35 heavy (non-hydrogen) atoms. The predicted molar refractivity (Wildman–Crippen MR) is 138 cm³/mol. The fraction of sp³-hybridized carbons (Fsp3) is 0.519. The number of carboxylic acid groups (broad SMARTS) is 1. The van der Waals surface area contributed by atoms with Gasteiger partial charge in [-0.3, -0.25) is 9.36 Å². The van der Waals surface area contributed by atoms with E-state index in [1.807, 2.05) is 18.2 Å². The summed E-state index contributed by atoms with van der Waals surface area (Å²) in [5.74, 6) is -0.970. The highest BCUT2D eigenvalue weighted by Gasteiger charge is 2.46. The molecule has 0 spiro atoms. The lowest BCUT2D eigenvalue weighted by Crippen LogP contribution is -2.47. The number of nitrogens with zero attached hydrogens (tertiary/aromatic N) is 3. The predicted octanol–water partition coefficient (Wildman–Crippen LogP) is 3.47. The molecule has 1 aromatic carbocycles. The van der Waals surface area contributed by atoms with Crippen LogP contribution in [0.4, 0.5) is 5.69 Å². The average Bonchev–Trinajstić information content (AvgIpc) is 3.18. The third kappa shape index (κ3) is 4.38. The Morgan fingerprint density at radius 2 is 1.89 bits per heavy atom. The maximum absolute atomic E-state index is 13.8. The number of morpholine rings is 1. The van der Waals surface area contributed by atoms with Gasteiger partial charge in [0.25, 0.3) is 5.56 Å². The highest BCUT2D eigenvalue weighted by Crippen LogP contribution is 2.51. The molecule has 0 amide bonds. The number of carboxylic acids is 1. The Hall–Kier alpha value is -2.71. The maximum atomic E-state index is 13.8. The number of aliphatic carboxylic acids is 1. The molecule has 1 aromatic heterocycles. The molecule has 186 valence electrons. The van der Waals surface area contributed by atoms with E-state index in [0.717, 1.165) is 76.1 Å². The van der Waals surface area contributed by atoms with Crippen LogP contribution in [0.25, 0.3) is 6.08 Å². The standard InChI is InChI=1S/C27H33N3O4S/c1-3-27(11-5-4-6-12-27)23-22(25(32)33)18(2)28-26-30(23)24(31)21(35-26)17-19-7-9-20(10-8-19)29-13-15-34-16-14-29/h7-10,17,23H,3-6,11-16H2,1-2H3,(H,32,33)/b21-17-. The number of thiazole rings is 1. The number of benzene rings is 1. The zero-order valence-electron chi connectivity index (χ0n) is 20.5. The molecule has 7 nitrogen and oxygen atoms in total. The van der Waals surface area contributed by atoms with Crippen LogP contribution < -0.4 is 19.8 Å². The van der Waals surface area contributed by atoms with Crippen LogP contribution in [0.5, 0.6) is 0 Å². The van der Waals surface area contributed by atoms with E-state index >= 15 is 0 Å². The summed E-state index contributed by atoms with van der Waals surface area (Å²) in [5, 5.41) is 10.2. The fourth-order valence-electron chi connectivity index (χ4n) is 6.01. The van der Waals surface area contributed by atoms with E-state index in [9.17, 15) is 14.7 Å². The number of allylic oxidation sites excluding steroid dienone is 1. The molecule has 3 heterocycles. The van der Waals surface area contributed by atoms with Crippen LogP contribution in [-0.2, 0) is 9.53 Å². The van der Waals surface area contributed by atoms with Crippen LogP contribution in [0, 0.1) is 5.41 Å². The zero-order chi connectivity index (χ0) is 24.6. The van der Waals surface area contributed by atoms with Gasteiger partial charge < -0.3 is 14.7 Å². The Morgan fingerprint density at radius 3 is 2.51 bits per heavy atom. The second-order valence-electron chi connectivity index (χ2n) is 9.85. The van der Waals surface area contributed by atoms with E-state index in [1.165, 1.54) is 11.3 Å². The molecule has 0 bridgehead atoms. The third-order valence-electron chi connectivity index (χ3n) is 7.95. The van der Waals surface area contributed by atoms with E-state index < -0.39 is 12.0 Å². The van der Waals surface area contributed by atoms with Crippen LogP contribution in [0.1, 0.15) is 64.0 Å². The lowest BCUT2D eigenvalue weighted by molar-refractivity contribution is -0.134. The van der Waals surface area contributed by atoms with Crippen LogP contribution >= 0.6 is 11.3 Å². The molecule has 8 heteroatoms. The lowest BCUT2D eigenvalue weighted by atomic mass is 9.65. The van der Waals surface area contributed by atoms with E-state index in [1.54, 1.807) is 11.5 Å². The Balaban J connectivity index is 1.58. The first-order valence-corrected chi connectivity index (χ1v) is 13.4. The lowest BCUT2D eigenvalue weighted by Gasteiger charge is -2.44. The minimum atomic E-state index is -0.970. The first kappa shape index (κ1) is 24.0. The van der Waals surface area contributed by atoms with Gasteiger partial charge in [0.1, 0.15) is 0 Å². The highest BCUT2D eigenvalue weighted by atomic mass is 32.1. The summed E-state index contributed by atoms with van der Waals surface area (Å²) in [6.07, 6.45) is 7.90. The molecule has 2 fully saturated rings. The highest BCUT2D eigenvalue weighted by molar-refractivity contribution is 7.07. The summed E-state index contributed by atoms with van der Waals surface area (Å²) >= 11 is 1.36. The van der Waals surface area contributed by atoms with Gasteiger partial charge in [-0.05, 0) is 55.4 Å². The van der Waals surface area contributed by atoms with Gasteiger partial charge in [-0.15, -0.1) is 0 Å². The van der Waals surface area contributed by atoms with Gasteiger partial charge in [-0.1, -0.05) is 49.7 Å². The molecule has 1 saturated heterocycles. The van der Waals surface area contributed by atoms with Gasteiger partial charge in [0, 0.05) is 18.8 Å². The largest absolute Gasteiger partial charge is 0.478 e. The number of anilines is 1. The number of hydrogen-bond acceptors (Lipinski definition) is 6. The molecular formula is C27H33N3O4S. The number of aromatic nitrogens is 1. The number of fused-ring (bicyclic) bond motifs is 1. The van der Waals surface area contributed by atoms with E-state index in [2.05, 4.69) is 28.9 Å². The number of hydrogen-bond donors (Lipinski definition) is 1. The topological polar surface area (TPSA) is 84.1 Å². The van der Waals surface area contributed by atoms with Crippen LogP contribution in [-0.4, -0.2) is 41.9 Å². The normalized spacial score (nSPS) is 22.6. The van der Waals surface area contributed by atoms with Gasteiger partial charge in [0.15, 0.2) is 4.80 Å². The Bertz CT molecular complexity index is 1310. The summed E-state index contributed by atoms with van der Waals surface area (Å²) in [6, 6.07) is 7.74. The summed E-state index contributed by atoms with van der Waals surface area (Å²) in [5.41, 5.74) is 2.52. The minimum Gasteiger partial charge on any atom is -0.478 e. The molecule has 5 rings (SSSR count). The smallest absolute Gasteiger partial charge is 0.335 e. The van der Waals surface area contributed by atoms with Gasteiger partial charge in [-0.2, -0.15) is 0 Å². The van der Waals surface area contributed by atoms with Gasteiger partial charge in [-0.25, -0.2) is 9.79 Å². The van der Waals surface area contributed by atoms with Crippen molar-refractivity contribution in [3.63, 3.8) is 0 Å². The summed E-state index contributed by atoms with van der Waals surface area (Å²) in [4.78, 5) is 33.7. The average molecular weight is 496 g/mol. The first-order valence-electron chi connectivity index (χ1n) is 12.6. The monoisotopic (exact) mass is 495 g/mol. The molecule has 1 unspecified atom stereocenters. The van der Waals surface area contributed by atoms with Crippen LogP contribution in [0.15, 0.2) is 45.3 Å². The quantitative estimate of drug-likeness (QED) is 0.687. The van der Waals surface area contributed by atoms with Gasteiger partial charge >= 0.3 is 5.97 Å². The first-order chi connectivity index (χ1) is 16.9. The molecule has 1 N–H and O–H groups in total. The number of carbonyl (C=O) groups is 1. The summed E-state index contributed by atoms with van der Waals surface area (Å²) in [7, 11) is 0. The molecule has 1 saturated carbocycles. The second kappa shape index (κ2) is 9.74. The van der Waals surface area contributed by atoms with Crippen molar-refractivity contribution in [1.29, 1.82) is 0 Å². The SMILES string of the molecule is CCC1(C2C(C(=O)O)=C(C)N=c3s/c(=C\c4ccc(N5CCOCC5)cc4)c(=O)n32)CCCCC1. The summed E-state index contributed by atoms with van der Waals surface area (Å²) < 4.78 is 7.73. The van der Waals surface area contributed by atoms with Crippen molar-refractivity contribution < 1.29 is 14.6 Å². The van der Waals surface area contributed by atoms with Crippen LogP contribution in [0.3, 0.4) is 0 Å². The Morgan fingerprint density at radius 1 is 1.20 bits per heavy atom. The summed E-state index contributed by atoms with van der Waals surface area (Å²) in [6.45, 7) is 7.13. The van der Waals surface area contributed by atoms with Crippen molar-refractivity contribution in [2.24, 2.45) is 10.4 Å². The number of ether oxygens (including phenoxy) is 1. The van der Waals surface area contributed by atoms with Crippen molar-refractivity contribution in [3.05, 3.63) is 60.8 Å². The minimum absolute atomic E-state index is 0.138. The van der Waals surface area contributed by atoms with E-state index in [-0.39, 0.29) is 16.5 Å². The molecule has 2 aliphatic heterocycles. The van der Waals surface area contributed by atoms with Crippen molar-refractivity contribution in [1.82, 2.24) is 4.57 Å². The van der Waals surface area contributed by atoms with Gasteiger partial charge in [0.2, 0.25) is 0 Å². The van der Waals surface area contributed by atoms with Gasteiger partial charge in [0.05, 0.1) is 35.1 Å². The maximum Gasteiger partial charge on any atom is 0.335 e. The molecule has 1 aliphatic carbocycles. The molecule has 3 aliphatic rings. The van der Waals surface area contributed by atoms with Crippen molar-refractivity contribution in [3.8, 4) is 0 Å². The fourth-order valence-corrected chi connectivity index (χ4v) is 7.05. The third-order valence-corrected chi connectivity index (χ3v) is 8.94.